The van der Waals surface area contributed by atoms with Gasteiger partial charge in [-0.15, -0.1) is 45.3 Å². The smallest absolute Gasteiger partial charge is 0.197 e. The Hall–Kier alpha value is -4.88. The second kappa shape index (κ2) is 8.82. The van der Waals surface area contributed by atoms with E-state index in [1.54, 1.807) is 42.6 Å². The largest absolute Gasteiger partial charge is 0.554 e. The zero-order valence-corrected chi connectivity index (χ0v) is 27.9. The molecule has 49 heavy (non-hydrogen) atoms. The summed E-state index contributed by atoms with van der Waals surface area (Å²) in [5.41, 5.74) is 2.97. The molecule has 0 N–H and O–H groups in total. The van der Waals surface area contributed by atoms with E-state index in [4.69, 9.17) is 0 Å². The quantitative estimate of drug-likeness (QED) is 0.128. The molecule has 1 spiro atoms. The maximum absolute atomic E-state index is 17.5. The highest BCUT2D eigenvalue weighted by Gasteiger charge is 2.76. The Balaban J connectivity index is 1.36. The maximum Gasteiger partial charge on any atom is 0.554 e. The van der Waals surface area contributed by atoms with E-state index in [2.05, 4.69) is 0 Å². The minimum absolute atomic E-state index is 0.138. The van der Waals surface area contributed by atoms with Crippen molar-refractivity contribution in [3.8, 4) is 20.9 Å². The average molecular weight is 721 g/mol. The van der Waals surface area contributed by atoms with Crippen LogP contribution in [-0.4, -0.2) is 29.7 Å². The standard InChI is InChI=1S/C37H16F4N4S4/c38-29-22-14-18(26-6-2-10-47-26)35-31(40)24-16-20(28-8-4-12-49-28)36-32(41)23-15-19(27-7-3-11-48-27)34-30(39)21-13-17(25-5-1-9-46-25)33(29)42(21)37(43(22)35,44(23)34)45(24)36/h1-16H/q+2. The minimum atomic E-state index is -1.68. The van der Waals surface area contributed by atoms with E-state index in [1.165, 1.54) is 45.3 Å². The molecule has 6 aliphatic heterocycles. The van der Waals surface area contributed by atoms with Gasteiger partial charge >= 0.3 is 5.91 Å². The summed E-state index contributed by atoms with van der Waals surface area (Å²) in [5, 5.41) is 7.90. The first-order chi connectivity index (χ1) is 24.0. The van der Waals surface area contributed by atoms with Gasteiger partial charge in [0.15, 0.2) is 0 Å². The highest BCUT2D eigenvalue weighted by atomic mass is 32.1. The van der Waals surface area contributed by atoms with Crippen molar-refractivity contribution >= 4 is 91.2 Å². The lowest BCUT2D eigenvalue weighted by atomic mass is 10.1. The summed E-state index contributed by atoms with van der Waals surface area (Å²) in [6.07, 6.45) is 3.38. The number of aromatic nitrogens is 2. The summed E-state index contributed by atoms with van der Waals surface area (Å²) in [7, 11) is 0. The van der Waals surface area contributed by atoms with Gasteiger partial charge in [0.25, 0.3) is 22.8 Å². The van der Waals surface area contributed by atoms with Crippen LogP contribution >= 0.6 is 45.3 Å². The van der Waals surface area contributed by atoms with Crippen LogP contribution in [0.25, 0.3) is 55.3 Å². The molecular weight excluding hydrogens is 705 g/mol. The molecule has 6 aliphatic rings. The van der Waals surface area contributed by atoms with Gasteiger partial charge in [0, 0.05) is 42.8 Å². The molecule has 1 atom stereocenters. The summed E-state index contributed by atoms with van der Waals surface area (Å²) in [5.74, 6) is -4.10. The normalized spacial score (nSPS) is 21.0. The number of nitrogens with zero attached hydrogens (tertiary/aromatic N) is 4. The first-order valence-corrected chi connectivity index (χ1v) is 18.8. The first-order valence-electron chi connectivity index (χ1n) is 15.3. The molecule has 0 fully saturated rings. The highest BCUT2D eigenvalue weighted by Crippen LogP contribution is 2.57. The fourth-order valence-corrected chi connectivity index (χ4v) is 11.3. The monoisotopic (exact) mass is 720 g/mol. The van der Waals surface area contributed by atoms with E-state index >= 15 is 17.6 Å². The van der Waals surface area contributed by atoms with Gasteiger partial charge in [-0.1, -0.05) is 33.4 Å². The number of allylic oxidation sites excluding steroid dienone is 4. The molecule has 0 bridgehead atoms. The summed E-state index contributed by atoms with van der Waals surface area (Å²) < 4.78 is 76.6. The molecule has 0 aliphatic carbocycles. The van der Waals surface area contributed by atoms with Crippen LogP contribution in [0.4, 0.5) is 17.6 Å². The van der Waals surface area contributed by atoms with Crippen LogP contribution in [0.5, 0.6) is 0 Å². The summed E-state index contributed by atoms with van der Waals surface area (Å²) in [6.45, 7) is 0. The van der Waals surface area contributed by atoms with Gasteiger partial charge in [0.05, 0.1) is 11.1 Å². The van der Waals surface area contributed by atoms with Crippen LogP contribution < -0.4 is 10.7 Å². The van der Waals surface area contributed by atoms with E-state index in [0.717, 1.165) is 19.5 Å². The molecule has 6 aromatic rings. The van der Waals surface area contributed by atoms with Gasteiger partial charge in [0.1, 0.15) is 22.1 Å². The molecule has 0 saturated heterocycles. The van der Waals surface area contributed by atoms with Crippen LogP contribution in [0, 0.1) is 0 Å². The number of thiophene rings is 4. The molecule has 0 amide bonds. The van der Waals surface area contributed by atoms with Gasteiger partial charge in [0.2, 0.25) is 23.3 Å². The number of hydrogen-bond acceptors (Lipinski definition) is 4. The second-order valence-corrected chi connectivity index (χ2v) is 16.1. The Bertz CT molecular complexity index is 2890. The Labute approximate surface area is 290 Å². The Kier molecular flexibility index (Phi) is 4.86. The molecule has 12 rings (SSSR count). The summed E-state index contributed by atoms with van der Waals surface area (Å²) in [4.78, 5) is 3.03. The molecule has 4 nitrogen and oxygen atoms in total. The Morgan fingerprint density at radius 1 is 0.592 bits per heavy atom. The van der Waals surface area contributed by atoms with Crippen molar-refractivity contribution < 1.29 is 26.7 Å². The van der Waals surface area contributed by atoms with Crippen molar-refractivity contribution in [2.24, 2.45) is 0 Å². The van der Waals surface area contributed by atoms with Gasteiger partial charge in [-0.05, 0) is 57.9 Å². The van der Waals surface area contributed by atoms with Crippen LogP contribution in [0.1, 0.15) is 21.1 Å². The second-order valence-electron chi connectivity index (χ2n) is 12.3. The predicted octanol–water partition coefficient (Wildman–Crippen LogP) is 8.57. The molecule has 6 aromatic heterocycles. The predicted molar refractivity (Wildman–Crippen MR) is 188 cm³/mol. The van der Waals surface area contributed by atoms with Crippen LogP contribution in [0.2, 0.25) is 0 Å². The molecule has 234 valence electrons. The van der Waals surface area contributed by atoms with Crippen molar-refractivity contribution in [2.45, 2.75) is 5.91 Å². The molecule has 0 radical (unpaired) electrons. The van der Waals surface area contributed by atoms with E-state index in [1.807, 2.05) is 70.1 Å². The third-order valence-corrected chi connectivity index (χ3v) is 13.7. The lowest BCUT2D eigenvalue weighted by Crippen LogP contribution is -2.71. The van der Waals surface area contributed by atoms with Gasteiger partial charge in [-0.3, -0.25) is 0 Å². The minimum Gasteiger partial charge on any atom is -0.197 e. The van der Waals surface area contributed by atoms with Crippen molar-refractivity contribution in [3.05, 3.63) is 138 Å². The molecule has 0 aromatic carbocycles. The van der Waals surface area contributed by atoms with Crippen LogP contribution in [0.15, 0.2) is 106 Å². The SMILES string of the molecule is FC1=C2C(c3cccs3)=CC3=[N+]2C24n5c1cc(-c1cccs1)c5C(F)=C1C=C(c5cccs5)C(=[N+]12)C(F)=c1cc(-c2cccs2)c(n14)=C3F. The fourth-order valence-electron chi connectivity index (χ4n) is 8.36. The molecule has 12 heterocycles. The summed E-state index contributed by atoms with van der Waals surface area (Å²) >= 11 is 5.71. The Morgan fingerprint density at radius 2 is 1.22 bits per heavy atom. The number of hydrogen-bond donors (Lipinski definition) is 0. The Morgan fingerprint density at radius 3 is 1.88 bits per heavy atom. The molecule has 12 heteroatoms. The average Bonchev–Trinajstić information content (AvgIpc) is 3.96. The van der Waals surface area contributed by atoms with E-state index in [9.17, 15) is 0 Å². The fraction of sp³-hybridized carbons (Fsp3) is 0.0270. The lowest BCUT2D eigenvalue weighted by molar-refractivity contribution is -0.834. The number of rotatable bonds is 4. The first kappa shape index (κ1) is 27.0. The maximum atomic E-state index is 17.5. The third-order valence-electron chi connectivity index (χ3n) is 10.1. The van der Waals surface area contributed by atoms with E-state index in [0.29, 0.717) is 22.3 Å². The molecule has 0 saturated carbocycles. The van der Waals surface area contributed by atoms with Gasteiger partial charge < -0.3 is 0 Å². The third kappa shape index (κ3) is 2.88. The van der Waals surface area contributed by atoms with Gasteiger partial charge in [-0.2, -0.15) is 26.7 Å². The lowest BCUT2D eigenvalue weighted by Gasteiger charge is -2.38. The number of halogens is 4. The van der Waals surface area contributed by atoms with Crippen molar-refractivity contribution in [1.29, 1.82) is 0 Å². The zero-order valence-electron chi connectivity index (χ0n) is 24.7. The summed E-state index contributed by atoms with van der Waals surface area (Å²) in [6, 6.07) is 18.4. The van der Waals surface area contributed by atoms with E-state index in [-0.39, 0.29) is 44.9 Å². The molecular formula is C37H16F4N4S4+2. The van der Waals surface area contributed by atoms with Crippen molar-refractivity contribution in [3.63, 3.8) is 0 Å². The van der Waals surface area contributed by atoms with Crippen molar-refractivity contribution in [1.82, 2.24) is 9.13 Å². The zero-order chi connectivity index (χ0) is 32.5. The topological polar surface area (TPSA) is 15.9 Å². The van der Waals surface area contributed by atoms with E-state index < -0.39 is 29.2 Å². The highest BCUT2D eigenvalue weighted by molar-refractivity contribution is 7.14. The van der Waals surface area contributed by atoms with Crippen LogP contribution in [-0.2, 0) is 5.91 Å². The molecule has 1 unspecified atom stereocenters. The van der Waals surface area contributed by atoms with Crippen LogP contribution in [0.3, 0.4) is 0 Å². The van der Waals surface area contributed by atoms with Gasteiger partial charge in [-0.25, -0.2) is 0 Å². The van der Waals surface area contributed by atoms with Crippen molar-refractivity contribution in [2.75, 3.05) is 0 Å².